The molecule has 2 aliphatic carbocycles. The lowest BCUT2D eigenvalue weighted by atomic mass is 9.87. The summed E-state index contributed by atoms with van der Waals surface area (Å²) in [5.41, 5.74) is 13.0. The van der Waals surface area contributed by atoms with Gasteiger partial charge in [-0.05, 0) is 145 Å². The van der Waals surface area contributed by atoms with Crippen molar-refractivity contribution in [3.05, 3.63) is 153 Å². The molecule has 4 aromatic carbocycles. The summed E-state index contributed by atoms with van der Waals surface area (Å²) in [7, 11) is 5.09. The molecule has 0 fully saturated rings. The largest absolute Gasteiger partial charge is 0.489 e. The van der Waals surface area contributed by atoms with E-state index in [1.807, 2.05) is 67.2 Å². The van der Waals surface area contributed by atoms with Crippen molar-refractivity contribution in [1.29, 1.82) is 0 Å². The smallest absolute Gasteiger partial charge is 0.306 e. The Morgan fingerprint density at radius 2 is 1.07 bits per heavy atom. The fourth-order valence-corrected chi connectivity index (χ4v) is 8.79. The van der Waals surface area contributed by atoms with Gasteiger partial charge in [-0.25, -0.2) is 0 Å². The minimum atomic E-state index is -0.869. The first-order chi connectivity index (χ1) is 29.6. The van der Waals surface area contributed by atoms with Gasteiger partial charge >= 0.3 is 11.9 Å². The number of ether oxygens (including phenoxy) is 3. The quantitative estimate of drug-likeness (QED) is 0.106. The molecule has 0 saturated heterocycles. The SMILES string of the molecule is COC(=O)C[C@@H](c1ccc(OCc2cc(C)c3c(c2)CCCC3)cc1)c1nncn1C.Cc1cc(COc2ccc([C@H](CC(=O)O)c3nncn3C)cc2)cc2c1CCCC2. The highest BCUT2D eigenvalue weighted by Gasteiger charge is 2.24. The number of carbonyl (C=O) groups is 2. The topological polar surface area (TPSA) is 143 Å². The van der Waals surface area contributed by atoms with Gasteiger partial charge in [0.2, 0.25) is 0 Å². The number of aromatic nitrogens is 6. The zero-order valence-corrected chi connectivity index (χ0v) is 35.9. The molecule has 6 aromatic rings. The van der Waals surface area contributed by atoms with Crippen LogP contribution in [0.4, 0.5) is 0 Å². The molecule has 61 heavy (non-hydrogen) atoms. The van der Waals surface area contributed by atoms with E-state index in [0.29, 0.717) is 19.0 Å². The molecule has 2 aromatic heterocycles. The number of carbonyl (C=O) groups excluding carboxylic acids is 1. The van der Waals surface area contributed by atoms with Gasteiger partial charge in [-0.3, -0.25) is 9.59 Å². The maximum Gasteiger partial charge on any atom is 0.306 e. The van der Waals surface area contributed by atoms with E-state index in [1.54, 1.807) is 17.2 Å². The number of hydrogen-bond donors (Lipinski definition) is 1. The molecular formula is C49H56N6O6. The molecule has 12 nitrogen and oxygen atoms in total. The number of carboxylic acids is 1. The maximum atomic E-state index is 12.0. The van der Waals surface area contributed by atoms with Crippen LogP contribution >= 0.6 is 0 Å². The van der Waals surface area contributed by atoms with Crippen LogP contribution in [0.15, 0.2) is 85.5 Å². The molecule has 0 aliphatic heterocycles. The van der Waals surface area contributed by atoms with Gasteiger partial charge in [0, 0.05) is 14.1 Å². The van der Waals surface area contributed by atoms with Crippen molar-refractivity contribution in [1.82, 2.24) is 29.5 Å². The molecule has 12 heteroatoms. The lowest BCUT2D eigenvalue weighted by Crippen LogP contribution is -2.14. The van der Waals surface area contributed by atoms with E-state index in [9.17, 15) is 14.7 Å². The third-order valence-corrected chi connectivity index (χ3v) is 12.0. The van der Waals surface area contributed by atoms with E-state index in [2.05, 4.69) is 58.5 Å². The Balaban J connectivity index is 0.000000184. The number of fused-ring (bicyclic) bond motifs is 2. The highest BCUT2D eigenvalue weighted by Crippen LogP contribution is 2.32. The van der Waals surface area contributed by atoms with Crippen molar-refractivity contribution in [2.45, 2.75) is 103 Å². The average Bonchev–Trinajstić information content (AvgIpc) is 3.91. The van der Waals surface area contributed by atoms with Crippen LogP contribution in [0.3, 0.4) is 0 Å². The fourth-order valence-electron chi connectivity index (χ4n) is 8.79. The van der Waals surface area contributed by atoms with Crippen LogP contribution in [0, 0.1) is 13.8 Å². The molecule has 0 saturated carbocycles. The van der Waals surface area contributed by atoms with E-state index >= 15 is 0 Å². The van der Waals surface area contributed by atoms with Crippen LogP contribution in [0.25, 0.3) is 0 Å². The minimum Gasteiger partial charge on any atom is -0.489 e. The molecule has 2 aliphatic rings. The highest BCUT2D eigenvalue weighted by atomic mass is 16.5. The number of aliphatic carboxylic acids is 1. The second-order valence-corrected chi connectivity index (χ2v) is 16.3. The van der Waals surface area contributed by atoms with Gasteiger partial charge in [0.25, 0.3) is 0 Å². The molecular weight excluding hydrogens is 769 g/mol. The third-order valence-electron chi connectivity index (χ3n) is 12.0. The standard InChI is InChI=1S/C25H29N3O3.C24H27N3O3/c1-17-12-18(13-20-6-4-5-7-22(17)20)15-31-21-10-8-19(9-11-21)23(14-24(29)30-3)25-27-26-16-28(25)2;1-16-11-17(12-19-5-3-4-6-21(16)19)14-30-20-9-7-18(8-10-20)22(13-23(28)29)24-26-25-15-27(24)2/h8-13,16,23H,4-7,14-15H2,1-3H3;7-12,15,22H,3-6,13-14H2,1-2H3,(H,28,29)/t23-;22-/m00/s1. The van der Waals surface area contributed by atoms with Crippen molar-refractivity contribution in [2.75, 3.05) is 7.11 Å². The van der Waals surface area contributed by atoms with Crippen LogP contribution in [0.1, 0.15) is 118 Å². The van der Waals surface area contributed by atoms with Gasteiger partial charge < -0.3 is 28.5 Å². The van der Waals surface area contributed by atoms with Crippen LogP contribution in [0.2, 0.25) is 0 Å². The number of rotatable bonds is 14. The first-order valence-corrected chi connectivity index (χ1v) is 21.2. The maximum absolute atomic E-state index is 12.0. The summed E-state index contributed by atoms with van der Waals surface area (Å²) in [4.78, 5) is 23.3. The van der Waals surface area contributed by atoms with Gasteiger partial charge in [0.1, 0.15) is 49.0 Å². The number of methoxy groups -OCH3 is 1. The molecule has 2 atom stereocenters. The normalized spacial score (nSPS) is 14.1. The van der Waals surface area contributed by atoms with Crippen molar-refractivity contribution in [3.63, 3.8) is 0 Å². The number of aryl methyl sites for hydroxylation is 6. The van der Waals surface area contributed by atoms with Crippen LogP contribution < -0.4 is 9.47 Å². The summed E-state index contributed by atoms with van der Waals surface area (Å²) < 4.78 is 20.6. The Bertz CT molecular complexity index is 2440. The van der Waals surface area contributed by atoms with E-state index in [4.69, 9.17) is 14.2 Å². The second kappa shape index (κ2) is 19.8. The van der Waals surface area contributed by atoms with Gasteiger partial charge in [0.15, 0.2) is 0 Å². The summed E-state index contributed by atoms with van der Waals surface area (Å²) in [6.45, 7) is 5.46. The van der Waals surface area contributed by atoms with E-state index in [0.717, 1.165) is 34.9 Å². The average molecular weight is 825 g/mol. The summed E-state index contributed by atoms with van der Waals surface area (Å²) in [6, 6.07) is 24.5. The van der Waals surface area contributed by atoms with Gasteiger partial charge in [-0.15, -0.1) is 20.4 Å². The molecule has 0 unspecified atom stereocenters. The molecule has 0 amide bonds. The zero-order valence-electron chi connectivity index (χ0n) is 35.9. The van der Waals surface area contributed by atoms with Gasteiger partial charge in [0.05, 0.1) is 31.8 Å². The Morgan fingerprint density at radius 3 is 1.46 bits per heavy atom. The van der Waals surface area contributed by atoms with Crippen molar-refractivity contribution < 1.29 is 28.9 Å². The van der Waals surface area contributed by atoms with E-state index in [-0.39, 0.29) is 30.6 Å². The predicted octanol–water partition coefficient (Wildman–Crippen LogP) is 8.46. The molecule has 0 radical (unpaired) electrons. The van der Waals surface area contributed by atoms with Crippen molar-refractivity contribution >= 4 is 11.9 Å². The molecule has 0 spiro atoms. The summed E-state index contributed by atoms with van der Waals surface area (Å²) in [5.74, 6) is 1.20. The first kappa shape index (κ1) is 42.8. The number of esters is 1. The Labute approximate surface area is 357 Å². The van der Waals surface area contributed by atoms with Gasteiger partial charge in [-0.1, -0.05) is 48.5 Å². The first-order valence-electron chi connectivity index (χ1n) is 21.2. The number of benzene rings is 4. The highest BCUT2D eigenvalue weighted by molar-refractivity contribution is 5.71. The number of carboxylic acid groups (broad SMARTS) is 1. The van der Waals surface area contributed by atoms with Crippen LogP contribution in [0.5, 0.6) is 11.5 Å². The Hall–Kier alpha value is -6.30. The minimum absolute atomic E-state index is 0.0405. The number of nitrogens with zero attached hydrogens (tertiary/aromatic N) is 6. The van der Waals surface area contributed by atoms with Crippen molar-refractivity contribution in [3.8, 4) is 11.5 Å². The molecule has 8 rings (SSSR count). The summed E-state index contributed by atoms with van der Waals surface area (Å²) >= 11 is 0. The monoisotopic (exact) mass is 824 g/mol. The lowest BCUT2D eigenvalue weighted by Gasteiger charge is -2.20. The van der Waals surface area contributed by atoms with E-state index in [1.165, 1.54) is 96.6 Å². The molecule has 2 heterocycles. The molecule has 318 valence electrons. The van der Waals surface area contributed by atoms with E-state index < -0.39 is 5.97 Å². The molecule has 0 bridgehead atoms. The summed E-state index contributed by atoms with van der Waals surface area (Å²) in [5, 5.41) is 25.5. The Kier molecular flexibility index (Phi) is 13.9. The van der Waals surface area contributed by atoms with Crippen LogP contribution in [-0.2, 0) is 67.3 Å². The zero-order chi connectivity index (χ0) is 42.9. The summed E-state index contributed by atoms with van der Waals surface area (Å²) in [6.07, 6.45) is 13.2. The third kappa shape index (κ3) is 10.7. The van der Waals surface area contributed by atoms with Crippen LogP contribution in [-0.4, -0.2) is 53.7 Å². The van der Waals surface area contributed by atoms with Crippen molar-refractivity contribution in [2.24, 2.45) is 14.1 Å². The fraction of sp³-hybridized carbons (Fsp3) is 0.388. The van der Waals surface area contributed by atoms with Gasteiger partial charge in [-0.2, -0.15) is 0 Å². The number of hydrogen-bond acceptors (Lipinski definition) is 9. The molecule has 1 N–H and O–H groups in total. The lowest BCUT2D eigenvalue weighted by molar-refractivity contribution is -0.141. The second-order valence-electron chi connectivity index (χ2n) is 16.3. The Morgan fingerprint density at radius 1 is 0.639 bits per heavy atom. The predicted molar refractivity (Wildman–Crippen MR) is 232 cm³/mol.